The molecule has 0 aliphatic rings. The maximum atomic E-state index is 12.6. The molecule has 138 valence electrons. The van der Waals surface area contributed by atoms with Crippen molar-refractivity contribution in [1.82, 2.24) is 9.97 Å². The predicted octanol–water partition coefficient (Wildman–Crippen LogP) is 4.70. The van der Waals surface area contributed by atoms with Gasteiger partial charge in [0, 0.05) is 17.7 Å². The Balaban J connectivity index is 1.85. The summed E-state index contributed by atoms with van der Waals surface area (Å²) in [6.45, 7) is 0. The van der Waals surface area contributed by atoms with Gasteiger partial charge in [-0.3, -0.25) is 4.79 Å². The molecule has 5 nitrogen and oxygen atoms in total. The summed E-state index contributed by atoms with van der Waals surface area (Å²) < 4.78 is 5.45. The van der Waals surface area contributed by atoms with Crippen LogP contribution in [0.3, 0.4) is 0 Å². The van der Waals surface area contributed by atoms with Crippen molar-refractivity contribution in [3.8, 4) is 5.75 Å². The van der Waals surface area contributed by atoms with Crippen molar-refractivity contribution < 1.29 is 9.53 Å². The number of thioether (sulfide) groups is 1. The van der Waals surface area contributed by atoms with Crippen LogP contribution in [0.1, 0.15) is 21.6 Å². The number of amides is 1. The van der Waals surface area contributed by atoms with Gasteiger partial charge in [0.05, 0.1) is 18.3 Å². The summed E-state index contributed by atoms with van der Waals surface area (Å²) in [5.74, 6) is 0.384. The minimum atomic E-state index is -0.381. The van der Waals surface area contributed by atoms with Crippen LogP contribution in [0.4, 0.5) is 5.69 Å². The molecule has 1 heterocycles. The SMILES string of the molecule is COc1ccc(NC(=O)c2nc(SC)ncc2Cl)cc1Cc1ccccc1. The first-order valence-corrected chi connectivity index (χ1v) is 9.79. The van der Waals surface area contributed by atoms with Crippen LogP contribution in [-0.2, 0) is 6.42 Å². The molecule has 0 aliphatic heterocycles. The van der Waals surface area contributed by atoms with Gasteiger partial charge in [-0.15, -0.1) is 0 Å². The Hall–Kier alpha value is -2.57. The van der Waals surface area contributed by atoms with Crippen LogP contribution in [0.25, 0.3) is 0 Å². The molecule has 7 heteroatoms. The molecule has 0 spiro atoms. The molecule has 0 atom stereocenters. The zero-order valence-electron chi connectivity index (χ0n) is 14.9. The van der Waals surface area contributed by atoms with E-state index in [4.69, 9.17) is 16.3 Å². The monoisotopic (exact) mass is 399 g/mol. The molecule has 1 amide bonds. The van der Waals surface area contributed by atoms with Crippen LogP contribution in [0, 0.1) is 0 Å². The van der Waals surface area contributed by atoms with E-state index in [2.05, 4.69) is 27.4 Å². The molecule has 0 unspecified atom stereocenters. The molecule has 3 rings (SSSR count). The van der Waals surface area contributed by atoms with Crippen LogP contribution in [0.5, 0.6) is 5.75 Å². The quantitative estimate of drug-likeness (QED) is 0.480. The molecule has 2 aromatic carbocycles. The zero-order chi connectivity index (χ0) is 19.2. The Labute approximate surface area is 167 Å². The largest absolute Gasteiger partial charge is 0.496 e. The fourth-order valence-corrected chi connectivity index (χ4v) is 3.13. The van der Waals surface area contributed by atoms with E-state index >= 15 is 0 Å². The lowest BCUT2D eigenvalue weighted by Gasteiger charge is -2.12. The summed E-state index contributed by atoms with van der Waals surface area (Å²) >= 11 is 7.43. The first-order chi connectivity index (χ1) is 13.1. The first-order valence-electron chi connectivity index (χ1n) is 8.19. The molecule has 0 saturated carbocycles. The highest BCUT2D eigenvalue weighted by molar-refractivity contribution is 7.98. The Bertz CT molecular complexity index is 951. The van der Waals surface area contributed by atoms with Gasteiger partial charge in [-0.1, -0.05) is 53.7 Å². The number of hydrogen-bond acceptors (Lipinski definition) is 5. The minimum Gasteiger partial charge on any atom is -0.496 e. The van der Waals surface area contributed by atoms with Gasteiger partial charge in [-0.05, 0) is 30.0 Å². The Morgan fingerprint density at radius 1 is 1.22 bits per heavy atom. The number of halogens is 1. The number of benzene rings is 2. The first kappa shape index (κ1) is 19.2. The van der Waals surface area contributed by atoms with E-state index in [0.717, 1.165) is 16.9 Å². The van der Waals surface area contributed by atoms with E-state index in [1.165, 1.54) is 18.0 Å². The minimum absolute atomic E-state index is 0.149. The number of hydrogen-bond donors (Lipinski definition) is 1. The molecule has 0 saturated heterocycles. The molecule has 0 radical (unpaired) electrons. The second-order valence-corrected chi connectivity index (χ2v) is 6.88. The summed E-state index contributed by atoms with van der Waals surface area (Å²) in [5.41, 5.74) is 2.92. The summed E-state index contributed by atoms with van der Waals surface area (Å²) in [6.07, 6.45) is 3.97. The number of methoxy groups -OCH3 is 1. The molecule has 0 bridgehead atoms. The normalized spacial score (nSPS) is 10.5. The third-order valence-electron chi connectivity index (χ3n) is 3.90. The number of rotatable bonds is 6. The van der Waals surface area contributed by atoms with E-state index in [1.54, 1.807) is 13.2 Å². The highest BCUT2D eigenvalue weighted by atomic mass is 35.5. The molecule has 1 aromatic heterocycles. The van der Waals surface area contributed by atoms with Crippen LogP contribution in [0.2, 0.25) is 5.02 Å². The predicted molar refractivity (Wildman–Crippen MR) is 109 cm³/mol. The number of nitrogens with one attached hydrogen (secondary N) is 1. The van der Waals surface area contributed by atoms with Gasteiger partial charge in [-0.2, -0.15) is 0 Å². The van der Waals surface area contributed by atoms with E-state index in [0.29, 0.717) is 17.3 Å². The van der Waals surface area contributed by atoms with Crippen molar-refractivity contribution in [2.45, 2.75) is 11.6 Å². The second-order valence-electron chi connectivity index (χ2n) is 5.70. The van der Waals surface area contributed by atoms with E-state index in [-0.39, 0.29) is 16.6 Å². The van der Waals surface area contributed by atoms with Crippen LogP contribution in [0.15, 0.2) is 59.9 Å². The summed E-state index contributed by atoms with van der Waals surface area (Å²) in [6, 6.07) is 15.6. The molecule has 27 heavy (non-hydrogen) atoms. The Kier molecular flexibility index (Phi) is 6.32. The van der Waals surface area contributed by atoms with Gasteiger partial charge in [0.25, 0.3) is 5.91 Å². The van der Waals surface area contributed by atoms with Crippen molar-refractivity contribution in [1.29, 1.82) is 0 Å². The second kappa shape index (κ2) is 8.88. The van der Waals surface area contributed by atoms with Crippen molar-refractivity contribution in [2.75, 3.05) is 18.7 Å². The van der Waals surface area contributed by atoms with E-state index < -0.39 is 0 Å². The lowest BCUT2D eigenvalue weighted by atomic mass is 10.0. The van der Waals surface area contributed by atoms with Crippen molar-refractivity contribution in [2.24, 2.45) is 0 Å². The number of aromatic nitrogens is 2. The average molecular weight is 400 g/mol. The third kappa shape index (κ3) is 4.78. The van der Waals surface area contributed by atoms with Crippen LogP contribution < -0.4 is 10.1 Å². The van der Waals surface area contributed by atoms with Crippen LogP contribution in [-0.4, -0.2) is 29.2 Å². The van der Waals surface area contributed by atoms with E-state index in [1.807, 2.05) is 36.6 Å². The van der Waals surface area contributed by atoms with Crippen molar-refractivity contribution >= 4 is 35.0 Å². The van der Waals surface area contributed by atoms with Gasteiger partial charge in [0.2, 0.25) is 0 Å². The van der Waals surface area contributed by atoms with Gasteiger partial charge < -0.3 is 10.1 Å². The zero-order valence-corrected chi connectivity index (χ0v) is 16.5. The van der Waals surface area contributed by atoms with Gasteiger partial charge in [0.1, 0.15) is 5.75 Å². The fraction of sp³-hybridized carbons (Fsp3) is 0.150. The van der Waals surface area contributed by atoms with E-state index in [9.17, 15) is 4.79 Å². The lowest BCUT2D eigenvalue weighted by Crippen LogP contribution is -2.15. The summed E-state index contributed by atoms with van der Waals surface area (Å²) in [7, 11) is 1.63. The topological polar surface area (TPSA) is 64.1 Å². The molecule has 0 fully saturated rings. The van der Waals surface area contributed by atoms with Gasteiger partial charge in [0.15, 0.2) is 10.9 Å². The Morgan fingerprint density at radius 3 is 2.70 bits per heavy atom. The smallest absolute Gasteiger partial charge is 0.275 e. The summed E-state index contributed by atoms with van der Waals surface area (Å²) in [4.78, 5) is 20.8. The van der Waals surface area contributed by atoms with Crippen molar-refractivity contribution in [3.05, 3.63) is 76.6 Å². The standard InChI is InChI=1S/C20H18ClN3O2S/c1-26-17-9-8-15(11-14(17)10-13-6-4-3-5-7-13)23-19(25)18-16(21)12-22-20(24-18)27-2/h3-9,11-12H,10H2,1-2H3,(H,23,25). The number of carbonyl (C=O) groups is 1. The average Bonchev–Trinajstić information content (AvgIpc) is 2.69. The van der Waals surface area contributed by atoms with Crippen LogP contribution >= 0.6 is 23.4 Å². The Morgan fingerprint density at radius 2 is 2.00 bits per heavy atom. The highest BCUT2D eigenvalue weighted by Gasteiger charge is 2.15. The lowest BCUT2D eigenvalue weighted by molar-refractivity contribution is 0.102. The molecule has 1 N–H and O–H groups in total. The fourth-order valence-electron chi connectivity index (χ4n) is 2.61. The highest BCUT2D eigenvalue weighted by Crippen LogP contribution is 2.26. The molecule has 3 aromatic rings. The number of nitrogens with zero attached hydrogens (tertiary/aromatic N) is 2. The number of ether oxygens (including phenoxy) is 1. The maximum absolute atomic E-state index is 12.6. The third-order valence-corrected chi connectivity index (χ3v) is 4.73. The summed E-state index contributed by atoms with van der Waals surface area (Å²) in [5, 5.41) is 3.55. The van der Waals surface area contributed by atoms with Gasteiger partial charge >= 0.3 is 0 Å². The number of anilines is 1. The molecule has 0 aliphatic carbocycles. The maximum Gasteiger partial charge on any atom is 0.275 e. The molecular weight excluding hydrogens is 382 g/mol. The van der Waals surface area contributed by atoms with Crippen molar-refractivity contribution in [3.63, 3.8) is 0 Å². The molecular formula is C20H18ClN3O2S. The van der Waals surface area contributed by atoms with Gasteiger partial charge in [-0.25, -0.2) is 9.97 Å². The number of carbonyl (C=O) groups excluding carboxylic acids is 1.